The van der Waals surface area contributed by atoms with Crippen molar-refractivity contribution in [3.8, 4) is 0 Å². The van der Waals surface area contributed by atoms with E-state index in [0.717, 1.165) is 31.9 Å². The summed E-state index contributed by atoms with van der Waals surface area (Å²) in [5.74, 6) is -0.137. The molecule has 2 atom stereocenters. The van der Waals surface area contributed by atoms with Gasteiger partial charge in [0.25, 0.3) is 7.83 Å². The monoisotopic (exact) mass is 330 g/mol. The molecule has 0 saturated carbocycles. The van der Waals surface area contributed by atoms with Crippen LogP contribution < -0.4 is 0 Å². The second-order valence-electron chi connectivity index (χ2n) is 7.05. The van der Waals surface area contributed by atoms with E-state index in [-0.39, 0.29) is 5.97 Å². The zero-order chi connectivity index (χ0) is 15.4. The molecule has 0 radical (unpaired) electrons. The van der Waals surface area contributed by atoms with Gasteiger partial charge in [-0.15, -0.1) is 0 Å². The van der Waals surface area contributed by atoms with E-state index in [1.165, 1.54) is 0 Å². The first-order valence-corrected chi connectivity index (χ1v) is 16.4. The summed E-state index contributed by atoms with van der Waals surface area (Å²) in [5.41, 5.74) is 0.640. The van der Waals surface area contributed by atoms with E-state index in [0.29, 0.717) is 10.7 Å². The molecule has 0 N–H and O–H groups in total. The molecule has 0 spiro atoms. The number of carbonyl (C=O) groups excluding carboxylic acids is 1. The fraction of sp³-hybridized carbons (Fsp3) is 0.786. The quantitative estimate of drug-likeness (QED) is 0.554. The molecule has 2 unspecified atom stereocenters. The first-order valence-electron chi connectivity index (χ1n) is 7.72. The van der Waals surface area contributed by atoms with E-state index in [1.54, 1.807) is 0 Å². The summed E-state index contributed by atoms with van der Waals surface area (Å²) in [6, 6.07) is 1.11. The van der Waals surface area contributed by atoms with Crippen molar-refractivity contribution in [2.45, 2.75) is 64.0 Å². The Kier molecular flexibility index (Phi) is 6.43. The molecule has 0 aromatic heterocycles. The Balaban J connectivity index is 2.89. The van der Waals surface area contributed by atoms with Crippen molar-refractivity contribution in [2.24, 2.45) is 0 Å². The molecule has 116 valence electrons. The van der Waals surface area contributed by atoms with Gasteiger partial charge in [0, 0.05) is 20.3 Å². The molecule has 1 aliphatic rings. The lowest BCUT2D eigenvalue weighted by Gasteiger charge is -2.43. The molecule has 1 saturated heterocycles. The Morgan fingerprint density at radius 3 is 2.60 bits per heavy atom. The van der Waals surface area contributed by atoms with Crippen LogP contribution in [0.15, 0.2) is 12.2 Å². The Bertz CT molecular complexity index is 357. The van der Waals surface area contributed by atoms with Crippen molar-refractivity contribution in [1.82, 2.24) is 0 Å². The lowest BCUT2D eigenvalue weighted by atomic mass is 10.2. The van der Waals surface area contributed by atoms with Crippen molar-refractivity contribution in [1.29, 1.82) is 0 Å². The van der Waals surface area contributed by atoms with Gasteiger partial charge >= 0.3 is 5.97 Å². The summed E-state index contributed by atoms with van der Waals surface area (Å²) in [4.78, 5) is 12.3. The molecule has 0 amide bonds. The summed E-state index contributed by atoms with van der Waals surface area (Å²) >= 11 is 0. The molecule has 0 aliphatic carbocycles. The van der Waals surface area contributed by atoms with Crippen LogP contribution >= 0.6 is 0 Å². The number of rotatable bonds is 6. The molecule has 0 bridgehead atoms. The van der Waals surface area contributed by atoms with E-state index in [2.05, 4.69) is 40.1 Å². The molecule has 1 fully saturated rings. The average Bonchev–Trinajstić information content (AvgIpc) is 2.38. The van der Waals surface area contributed by atoms with Gasteiger partial charge in [0.15, 0.2) is 9.28 Å². The minimum Gasteiger partial charge on any atom is -0.516 e. The smallest absolute Gasteiger partial charge is 0.319 e. The zero-order valence-electron chi connectivity index (χ0n) is 13.8. The standard InChI is InChI=1S/C14H30O3Si3/c1-7-9-12(2)14(15)17-20(11-8-10-16-18-20)13(3)19(4,5)6/h13H,2,7-11,18H2,1,3-6H3. The molecule has 1 heterocycles. The van der Waals surface area contributed by atoms with Gasteiger partial charge in [-0.25, -0.2) is 4.79 Å². The van der Waals surface area contributed by atoms with Gasteiger partial charge in [-0.1, -0.05) is 46.5 Å². The summed E-state index contributed by atoms with van der Waals surface area (Å²) < 4.78 is 12.0. The van der Waals surface area contributed by atoms with Crippen LogP contribution in [0.2, 0.25) is 30.8 Å². The summed E-state index contributed by atoms with van der Waals surface area (Å²) in [6.45, 7) is 16.3. The highest BCUT2D eigenvalue weighted by Gasteiger charge is 2.51. The van der Waals surface area contributed by atoms with Crippen molar-refractivity contribution >= 4 is 31.2 Å². The highest BCUT2D eigenvalue weighted by molar-refractivity contribution is 7.25. The van der Waals surface area contributed by atoms with E-state index >= 15 is 0 Å². The largest absolute Gasteiger partial charge is 0.516 e. The van der Waals surface area contributed by atoms with Crippen LogP contribution in [-0.4, -0.2) is 37.8 Å². The lowest BCUT2D eigenvalue weighted by molar-refractivity contribution is -0.131. The predicted molar refractivity (Wildman–Crippen MR) is 92.6 cm³/mol. The van der Waals surface area contributed by atoms with Crippen LogP contribution in [0.25, 0.3) is 0 Å². The topological polar surface area (TPSA) is 35.5 Å². The van der Waals surface area contributed by atoms with Gasteiger partial charge in [0.2, 0.25) is 0 Å². The van der Waals surface area contributed by atoms with E-state index < -0.39 is 25.2 Å². The second-order valence-corrected chi connectivity index (χ2v) is 22.1. The zero-order valence-corrected chi connectivity index (χ0v) is 17.2. The van der Waals surface area contributed by atoms with Crippen LogP contribution in [0.5, 0.6) is 0 Å². The molecule has 0 aromatic carbocycles. The first-order chi connectivity index (χ1) is 9.23. The molecule has 6 heteroatoms. The minimum absolute atomic E-state index is 0.137. The first kappa shape index (κ1) is 17.9. The van der Waals surface area contributed by atoms with Crippen molar-refractivity contribution in [3.63, 3.8) is 0 Å². The number of hydrogen-bond acceptors (Lipinski definition) is 3. The van der Waals surface area contributed by atoms with Gasteiger partial charge in [0.05, 0.1) is 0 Å². The van der Waals surface area contributed by atoms with Crippen LogP contribution in [0.3, 0.4) is 0 Å². The third-order valence-electron chi connectivity index (χ3n) is 4.46. The second kappa shape index (κ2) is 7.20. The van der Waals surface area contributed by atoms with E-state index in [4.69, 9.17) is 8.85 Å². The molecule has 1 aliphatic heterocycles. The third kappa shape index (κ3) is 4.41. The van der Waals surface area contributed by atoms with Crippen LogP contribution in [0.4, 0.5) is 0 Å². The molecule has 0 aromatic rings. The molecule has 1 rings (SSSR count). The van der Waals surface area contributed by atoms with Crippen LogP contribution in [-0.2, 0) is 13.6 Å². The Morgan fingerprint density at radius 1 is 1.50 bits per heavy atom. The Morgan fingerprint density at radius 2 is 2.15 bits per heavy atom. The fourth-order valence-electron chi connectivity index (χ4n) is 2.75. The average molecular weight is 331 g/mol. The highest BCUT2D eigenvalue weighted by atomic mass is 29.2. The van der Waals surface area contributed by atoms with Crippen molar-refractivity contribution < 1.29 is 13.6 Å². The van der Waals surface area contributed by atoms with Gasteiger partial charge < -0.3 is 8.85 Å². The van der Waals surface area contributed by atoms with Gasteiger partial charge in [-0.2, -0.15) is 0 Å². The Hall–Kier alpha value is -0.179. The number of hydrogen-bond donors (Lipinski definition) is 0. The third-order valence-corrected chi connectivity index (χ3v) is 22.2. The van der Waals surface area contributed by atoms with Gasteiger partial charge in [-0.3, -0.25) is 0 Å². The van der Waals surface area contributed by atoms with Crippen LogP contribution in [0, 0.1) is 0 Å². The normalized spacial score (nSPS) is 26.2. The minimum atomic E-state index is -2.01. The molecular formula is C14H30O3Si3. The van der Waals surface area contributed by atoms with Crippen LogP contribution in [0.1, 0.15) is 33.1 Å². The van der Waals surface area contributed by atoms with Crippen molar-refractivity contribution in [3.05, 3.63) is 12.2 Å². The van der Waals surface area contributed by atoms with Crippen molar-refractivity contribution in [2.75, 3.05) is 6.61 Å². The predicted octanol–water partition coefficient (Wildman–Crippen LogP) is 3.10. The lowest BCUT2D eigenvalue weighted by Crippen LogP contribution is -2.59. The van der Waals surface area contributed by atoms with Gasteiger partial charge in [-0.05, 0) is 24.1 Å². The molecule has 3 nitrogen and oxygen atoms in total. The summed E-state index contributed by atoms with van der Waals surface area (Å²) in [7, 11) is -4.05. The summed E-state index contributed by atoms with van der Waals surface area (Å²) in [5, 5.41) is 0.570. The molecule has 20 heavy (non-hydrogen) atoms. The maximum Gasteiger partial charge on any atom is 0.319 e. The highest BCUT2D eigenvalue weighted by Crippen LogP contribution is 2.37. The van der Waals surface area contributed by atoms with E-state index in [1.807, 2.05) is 0 Å². The maximum absolute atomic E-state index is 12.3. The molecular weight excluding hydrogens is 300 g/mol. The number of carbonyl (C=O) groups is 1. The Labute approximate surface area is 128 Å². The fourth-order valence-corrected chi connectivity index (χ4v) is 23.0. The summed E-state index contributed by atoms with van der Waals surface area (Å²) in [6.07, 6.45) is 2.74. The maximum atomic E-state index is 12.3. The van der Waals surface area contributed by atoms with E-state index in [9.17, 15) is 4.79 Å². The van der Waals surface area contributed by atoms with Gasteiger partial charge in [0.1, 0.15) is 0 Å². The SMILES string of the molecule is C=C(CCC)C(=O)O[Si]1(C(C)[Si](C)(C)C)CCCO[SiH2]1.